The highest BCUT2D eigenvalue weighted by Crippen LogP contribution is 2.10. The van der Waals surface area contributed by atoms with Gasteiger partial charge < -0.3 is 11.1 Å². The number of nitrogens with two attached hydrogens (primary N) is 1. The van der Waals surface area contributed by atoms with Gasteiger partial charge in [-0.25, -0.2) is 4.98 Å². The number of amides is 1. The van der Waals surface area contributed by atoms with Gasteiger partial charge in [0.2, 0.25) is 0 Å². The number of carbonyl (C=O) groups is 1. The third-order valence-corrected chi connectivity index (χ3v) is 2.92. The highest BCUT2D eigenvalue weighted by Gasteiger charge is 2.08. The van der Waals surface area contributed by atoms with E-state index in [9.17, 15) is 4.79 Å². The zero-order valence-corrected chi connectivity index (χ0v) is 10.6. The smallest absolute Gasteiger partial charge is 0.270 e. The summed E-state index contributed by atoms with van der Waals surface area (Å²) in [4.78, 5) is 15.5. The molecule has 1 amide bonds. The maximum absolute atomic E-state index is 11.5. The van der Waals surface area contributed by atoms with Crippen LogP contribution in [0.3, 0.4) is 0 Å². The monoisotopic (exact) mass is 241 g/mol. The van der Waals surface area contributed by atoms with E-state index >= 15 is 0 Å². The molecule has 1 rings (SSSR count). The summed E-state index contributed by atoms with van der Waals surface area (Å²) in [5, 5.41) is 4.95. The minimum atomic E-state index is -0.127. The molecule has 0 saturated carbocycles. The number of nitrogens with zero attached hydrogens (tertiary/aromatic N) is 1. The van der Waals surface area contributed by atoms with Gasteiger partial charge in [0.1, 0.15) is 5.69 Å². The van der Waals surface area contributed by atoms with Gasteiger partial charge in [-0.2, -0.15) is 0 Å². The molecular formula is C11H19N3OS. The molecule has 0 aliphatic rings. The normalized spacial score (nSPS) is 10.7. The van der Waals surface area contributed by atoms with Gasteiger partial charge in [-0.15, -0.1) is 11.3 Å². The fraction of sp³-hybridized carbons (Fsp3) is 0.636. The maximum Gasteiger partial charge on any atom is 0.270 e. The molecule has 0 saturated heterocycles. The van der Waals surface area contributed by atoms with Crippen molar-refractivity contribution in [1.29, 1.82) is 0 Å². The van der Waals surface area contributed by atoms with E-state index in [1.165, 1.54) is 17.8 Å². The van der Waals surface area contributed by atoms with Crippen LogP contribution in [0.4, 0.5) is 5.13 Å². The van der Waals surface area contributed by atoms with Gasteiger partial charge in [-0.1, -0.05) is 26.7 Å². The molecule has 0 atom stereocenters. The van der Waals surface area contributed by atoms with Crippen molar-refractivity contribution in [3.63, 3.8) is 0 Å². The molecule has 1 aromatic rings. The molecule has 0 bridgehead atoms. The molecule has 0 radical (unpaired) electrons. The number of nitrogens with one attached hydrogen (secondary N) is 1. The second-order valence-corrected chi connectivity index (χ2v) is 5.11. The number of rotatable bonds is 6. The van der Waals surface area contributed by atoms with Crippen LogP contribution in [0.2, 0.25) is 0 Å². The third-order valence-electron chi connectivity index (χ3n) is 2.25. The Morgan fingerprint density at radius 3 is 2.88 bits per heavy atom. The highest BCUT2D eigenvalue weighted by atomic mass is 32.1. The maximum atomic E-state index is 11.5. The van der Waals surface area contributed by atoms with Crippen LogP contribution in [0.25, 0.3) is 0 Å². The van der Waals surface area contributed by atoms with Gasteiger partial charge in [0.05, 0.1) is 0 Å². The SMILES string of the molecule is CC(C)CCCCNC(=O)c1csc(N)n1. The molecule has 0 aliphatic heterocycles. The van der Waals surface area contributed by atoms with Crippen LogP contribution in [-0.2, 0) is 0 Å². The Labute approximate surface area is 100 Å². The lowest BCUT2D eigenvalue weighted by Crippen LogP contribution is -2.24. The lowest BCUT2D eigenvalue weighted by atomic mass is 10.1. The zero-order chi connectivity index (χ0) is 12.0. The third kappa shape index (κ3) is 4.61. The Morgan fingerprint density at radius 2 is 2.31 bits per heavy atom. The molecule has 0 fully saturated rings. The fourth-order valence-corrected chi connectivity index (χ4v) is 1.91. The van der Waals surface area contributed by atoms with E-state index in [0.29, 0.717) is 17.4 Å². The van der Waals surface area contributed by atoms with Crippen LogP contribution in [0, 0.1) is 5.92 Å². The van der Waals surface area contributed by atoms with E-state index in [0.717, 1.165) is 18.8 Å². The topological polar surface area (TPSA) is 68.0 Å². The Hall–Kier alpha value is -1.10. The summed E-state index contributed by atoms with van der Waals surface area (Å²) in [5.74, 6) is 0.603. The summed E-state index contributed by atoms with van der Waals surface area (Å²) in [6, 6.07) is 0. The minimum absolute atomic E-state index is 0.127. The average molecular weight is 241 g/mol. The number of anilines is 1. The zero-order valence-electron chi connectivity index (χ0n) is 9.82. The first-order chi connectivity index (χ1) is 7.59. The van der Waals surface area contributed by atoms with Crippen molar-refractivity contribution in [3.05, 3.63) is 11.1 Å². The summed E-state index contributed by atoms with van der Waals surface area (Å²) in [7, 11) is 0. The Kier molecular flexibility index (Phi) is 5.25. The van der Waals surface area contributed by atoms with Crippen molar-refractivity contribution >= 4 is 22.4 Å². The lowest BCUT2D eigenvalue weighted by molar-refractivity contribution is 0.0948. The molecule has 0 aliphatic carbocycles. The number of thiazole rings is 1. The van der Waals surface area contributed by atoms with Gasteiger partial charge >= 0.3 is 0 Å². The molecule has 90 valence electrons. The molecular weight excluding hydrogens is 222 g/mol. The second kappa shape index (κ2) is 6.48. The molecule has 1 heterocycles. The van der Waals surface area contributed by atoms with E-state index in [2.05, 4.69) is 24.1 Å². The Bertz CT molecular complexity index is 336. The van der Waals surface area contributed by atoms with Crippen molar-refractivity contribution in [2.75, 3.05) is 12.3 Å². The van der Waals surface area contributed by atoms with Crippen LogP contribution in [0.1, 0.15) is 43.6 Å². The van der Waals surface area contributed by atoms with Crippen LogP contribution >= 0.6 is 11.3 Å². The lowest BCUT2D eigenvalue weighted by Gasteiger charge is -2.05. The molecule has 0 aromatic carbocycles. The largest absolute Gasteiger partial charge is 0.375 e. The van der Waals surface area contributed by atoms with Crippen LogP contribution in [0.15, 0.2) is 5.38 Å². The average Bonchev–Trinajstić information content (AvgIpc) is 2.63. The quantitative estimate of drug-likeness (QED) is 0.751. The number of hydrogen-bond donors (Lipinski definition) is 2. The van der Waals surface area contributed by atoms with Crippen molar-refractivity contribution in [1.82, 2.24) is 10.3 Å². The predicted octanol–water partition coefficient (Wildman–Crippen LogP) is 2.28. The van der Waals surface area contributed by atoms with E-state index in [1.807, 2.05) is 0 Å². The molecule has 1 aromatic heterocycles. The summed E-state index contributed by atoms with van der Waals surface area (Å²) in [5.41, 5.74) is 5.88. The number of nitrogen functional groups attached to an aromatic ring is 1. The van der Waals surface area contributed by atoms with Crippen molar-refractivity contribution < 1.29 is 4.79 Å². The van der Waals surface area contributed by atoms with Crippen LogP contribution < -0.4 is 11.1 Å². The molecule has 0 spiro atoms. The number of aromatic nitrogens is 1. The fourth-order valence-electron chi connectivity index (χ4n) is 1.36. The summed E-state index contributed by atoms with van der Waals surface area (Å²) in [6.45, 7) is 5.12. The standard InChI is InChI=1S/C11H19N3OS/c1-8(2)5-3-4-6-13-10(15)9-7-16-11(12)14-9/h7-8H,3-6H2,1-2H3,(H2,12,14)(H,13,15). The number of hydrogen-bond acceptors (Lipinski definition) is 4. The Morgan fingerprint density at radius 1 is 1.56 bits per heavy atom. The molecule has 4 nitrogen and oxygen atoms in total. The molecule has 5 heteroatoms. The highest BCUT2D eigenvalue weighted by molar-refractivity contribution is 7.13. The van der Waals surface area contributed by atoms with E-state index in [1.54, 1.807) is 5.38 Å². The first kappa shape index (κ1) is 13.0. The van der Waals surface area contributed by atoms with E-state index in [4.69, 9.17) is 5.73 Å². The molecule has 16 heavy (non-hydrogen) atoms. The van der Waals surface area contributed by atoms with Gasteiger partial charge in [-0.05, 0) is 12.3 Å². The number of carbonyl (C=O) groups excluding carboxylic acids is 1. The second-order valence-electron chi connectivity index (χ2n) is 4.22. The van der Waals surface area contributed by atoms with Gasteiger partial charge in [0, 0.05) is 11.9 Å². The first-order valence-corrected chi connectivity index (χ1v) is 6.46. The van der Waals surface area contributed by atoms with E-state index in [-0.39, 0.29) is 5.91 Å². The van der Waals surface area contributed by atoms with Crippen LogP contribution in [0.5, 0.6) is 0 Å². The Balaban J connectivity index is 2.16. The van der Waals surface area contributed by atoms with Crippen LogP contribution in [-0.4, -0.2) is 17.4 Å². The van der Waals surface area contributed by atoms with Crippen molar-refractivity contribution in [2.24, 2.45) is 5.92 Å². The molecule has 3 N–H and O–H groups in total. The van der Waals surface area contributed by atoms with Gasteiger partial charge in [0.15, 0.2) is 5.13 Å². The predicted molar refractivity (Wildman–Crippen MR) is 67.5 cm³/mol. The van der Waals surface area contributed by atoms with Gasteiger partial charge in [-0.3, -0.25) is 4.79 Å². The van der Waals surface area contributed by atoms with Crippen molar-refractivity contribution in [2.45, 2.75) is 33.1 Å². The summed E-state index contributed by atoms with van der Waals surface area (Å²) in [6.07, 6.45) is 3.38. The first-order valence-electron chi connectivity index (χ1n) is 5.59. The summed E-state index contributed by atoms with van der Waals surface area (Å²) < 4.78 is 0. The number of unbranched alkanes of at least 4 members (excludes halogenated alkanes) is 1. The van der Waals surface area contributed by atoms with Crippen molar-refractivity contribution in [3.8, 4) is 0 Å². The molecule has 0 unspecified atom stereocenters. The van der Waals surface area contributed by atoms with E-state index < -0.39 is 0 Å². The minimum Gasteiger partial charge on any atom is -0.375 e. The summed E-state index contributed by atoms with van der Waals surface area (Å²) >= 11 is 1.29. The van der Waals surface area contributed by atoms with Gasteiger partial charge in [0.25, 0.3) is 5.91 Å².